The van der Waals surface area contributed by atoms with Gasteiger partial charge in [0.1, 0.15) is 11.5 Å². The Morgan fingerprint density at radius 2 is 1.62 bits per heavy atom. The molecule has 6 nitrogen and oxygen atoms in total. The molecule has 1 aromatic carbocycles. The van der Waals surface area contributed by atoms with Gasteiger partial charge < -0.3 is 19.7 Å². The molecule has 0 unspecified atom stereocenters. The molecule has 1 aliphatic heterocycles. The number of benzene rings is 1. The van der Waals surface area contributed by atoms with Crippen LogP contribution >= 0.6 is 0 Å². The third-order valence-corrected chi connectivity index (χ3v) is 6.43. The molecule has 0 spiro atoms. The fourth-order valence-corrected chi connectivity index (χ4v) is 4.58. The molecule has 3 rings (SSSR count). The number of carbonyl (C=O) groups is 2. The van der Waals surface area contributed by atoms with Gasteiger partial charge in [0.25, 0.3) is 0 Å². The highest BCUT2D eigenvalue weighted by molar-refractivity contribution is 6.19. The van der Waals surface area contributed by atoms with Crippen LogP contribution in [0.1, 0.15) is 52.7 Å². The average Bonchev–Trinajstić information content (AvgIpc) is 2.67. The highest BCUT2D eigenvalue weighted by Crippen LogP contribution is 2.52. The van der Waals surface area contributed by atoms with E-state index in [-0.39, 0.29) is 17.1 Å². The van der Waals surface area contributed by atoms with E-state index >= 15 is 0 Å². The average molecular weight is 402 g/mol. The number of Topliss-reactive ketones (excluding diaryl/α,β-unsaturated/α-hetero) is 2. The molecule has 2 aliphatic rings. The van der Waals surface area contributed by atoms with Gasteiger partial charge in [0.15, 0.2) is 11.6 Å². The van der Waals surface area contributed by atoms with Crippen molar-refractivity contribution in [1.82, 2.24) is 0 Å². The lowest BCUT2D eigenvalue weighted by Crippen LogP contribution is -2.54. The zero-order valence-corrected chi connectivity index (χ0v) is 17.9. The predicted molar refractivity (Wildman–Crippen MR) is 108 cm³/mol. The number of carbonyl (C=O) groups excluding carboxylic acids is 2. The van der Waals surface area contributed by atoms with E-state index < -0.39 is 34.2 Å². The van der Waals surface area contributed by atoms with Gasteiger partial charge in [-0.2, -0.15) is 0 Å². The molecule has 1 aromatic rings. The number of aliphatic hydroxyl groups is 2. The van der Waals surface area contributed by atoms with Crippen LogP contribution in [0.4, 0.5) is 0 Å². The molecule has 0 saturated carbocycles. The van der Waals surface area contributed by atoms with Gasteiger partial charge in [-0.05, 0) is 58.7 Å². The molecule has 29 heavy (non-hydrogen) atoms. The summed E-state index contributed by atoms with van der Waals surface area (Å²) in [7, 11) is 1.57. The van der Waals surface area contributed by atoms with Crippen LogP contribution in [-0.2, 0) is 14.3 Å². The van der Waals surface area contributed by atoms with Crippen molar-refractivity contribution in [3.63, 3.8) is 0 Å². The van der Waals surface area contributed by atoms with Crippen molar-refractivity contribution in [2.45, 2.75) is 52.7 Å². The van der Waals surface area contributed by atoms with E-state index in [2.05, 4.69) is 0 Å². The first-order chi connectivity index (χ1) is 13.4. The largest absolute Gasteiger partial charge is 0.511 e. The summed E-state index contributed by atoms with van der Waals surface area (Å²) in [5.41, 5.74) is -2.98. The summed E-state index contributed by atoms with van der Waals surface area (Å²) in [5.74, 6) is -1.22. The van der Waals surface area contributed by atoms with E-state index in [1.807, 2.05) is 12.1 Å². The van der Waals surface area contributed by atoms with Gasteiger partial charge >= 0.3 is 0 Å². The molecular formula is C23H30O6. The topological polar surface area (TPSA) is 93.1 Å². The maximum Gasteiger partial charge on any atom is 0.175 e. The van der Waals surface area contributed by atoms with E-state index in [1.165, 1.54) is 0 Å². The SMILES string of the molecule is COc1ccc([C@@H]2OCC[C@@](C)(O)[C@@H]2C2=C(O)C(C)(C)C(=O)C(C)(C)C2=O)cc1. The Labute approximate surface area is 171 Å². The van der Waals surface area contributed by atoms with E-state index in [0.717, 1.165) is 5.56 Å². The van der Waals surface area contributed by atoms with Gasteiger partial charge in [0.2, 0.25) is 0 Å². The van der Waals surface area contributed by atoms with Crippen LogP contribution in [-0.4, -0.2) is 41.1 Å². The Balaban J connectivity index is 2.20. The molecule has 1 heterocycles. The summed E-state index contributed by atoms with van der Waals surface area (Å²) in [6.07, 6.45) is -0.339. The van der Waals surface area contributed by atoms with Crippen LogP contribution in [0.15, 0.2) is 35.6 Å². The lowest BCUT2D eigenvalue weighted by molar-refractivity contribution is -0.154. The Morgan fingerprint density at radius 1 is 1.03 bits per heavy atom. The third kappa shape index (κ3) is 3.28. The summed E-state index contributed by atoms with van der Waals surface area (Å²) >= 11 is 0. The van der Waals surface area contributed by atoms with Crippen LogP contribution in [0.3, 0.4) is 0 Å². The first-order valence-electron chi connectivity index (χ1n) is 9.87. The minimum Gasteiger partial charge on any atom is -0.511 e. The molecule has 158 valence electrons. The lowest BCUT2D eigenvalue weighted by Gasteiger charge is -2.48. The third-order valence-electron chi connectivity index (χ3n) is 6.43. The number of hydrogen-bond donors (Lipinski definition) is 2. The fraction of sp³-hybridized carbons (Fsp3) is 0.565. The molecule has 1 saturated heterocycles. The maximum atomic E-state index is 13.4. The molecule has 3 atom stereocenters. The van der Waals surface area contributed by atoms with Gasteiger partial charge in [0, 0.05) is 11.5 Å². The monoisotopic (exact) mass is 402 g/mol. The standard InChI is InChI=1S/C23H30O6/c1-21(2)18(24)15(19(25)22(3,4)20(21)26)16-17(29-12-11-23(16,5)27)13-7-9-14(28-6)10-8-13/h7-10,16-17,24,27H,11-12H2,1-6H3/t16-,17+,23-/m1/s1. The number of allylic oxidation sites excluding steroid dienone is 1. The number of ketones is 2. The summed E-state index contributed by atoms with van der Waals surface area (Å²) in [5, 5.41) is 22.3. The first kappa shape index (κ1) is 21.5. The van der Waals surface area contributed by atoms with Crippen LogP contribution in [0.5, 0.6) is 5.75 Å². The zero-order chi connectivity index (χ0) is 21.8. The van der Waals surface area contributed by atoms with Gasteiger partial charge in [-0.25, -0.2) is 0 Å². The molecule has 1 aliphatic carbocycles. The second-order valence-corrected chi connectivity index (χ2v) is 9.32. The van der Waals surface area contributed by atoms with E-state index in [1.54, 1.807) is 53.9 Å². The fourth-order valence-electron chi connectivity index (χ4n) is 4.58. The maximum absolute atomic E-state index is 13.4. The summed E-state index contributed by atoms with van der Waals surface area (Å²) in [4.78, 5) is 26.3. The first-order valence-corrected chi connectivity index (χ1v) is 9.87. The van der Waals surface area contributed by atoms with Gasteiger partial charge in [0.05, 0.1) is 36.3 Å². The van der Waals surface area contributed by atoms with Crippen molar-refractivity contribution in [3.8, 4) is 5.75 Å². The van der Waals surface area contributed by atoms with Crippen LogP contribution in [0, 0.1) is 16.7 Å². The summed E-state index contributed by atoms with van der Waals surface area (Å²) in [6, 6.07) is 7.22. The van der Waals surface area contributed by atoms with Crippen molar-refractivity contribution in [2.75, 3.05) is 13.7 Å². The smallest absolute Gasteiger partial charge is 0.175 e. The van der Waals surface area contributed by atoms with Crippen LogP contribution in [0.2, 0.25) is 0 Å². The number of aliphatic hydroxyl groups excluding tert-OH is 1. The predicted octanol–water partition coefficient (Wildman–Crippen LogP) is 3.54. The number of hydrogen-bond acceptors (Lipinski definition) is 6. The minimum absolute atomic E-state index is 0.0881. The molecule has 2 N–H and O–H groups in total. The Bertz CT molecular complexity index is 860. The second kappa shape index (κ2) is 6.96. The molecule has 0 radical (unpaired) electrons. The van der Waals surface area contributed by atoms with Gasteiger partial charge in [-0.1, -0.05) is 12.1 Å². The Hall–Kier alpha value is -2.18. The van der Waals surface area contributed by atoms with Crippen molar-refractivity contribution >= 4 is 11.6 Å². The van der Waals surface area contributed by atoms with E-state index in [9.17, 15) is 19.8 Å². The van der Waals surface area contributed by atoms with Crippen LogP contribution < -0.4 is 4.74 Å². The lowest BCUT2D eigenvalue weighted by atomic mass is 9.58. The number of ether oxygens (including phenoxy) is 2. The molecule has 0 aromatic heterocycles. The Kier molecular flexibility index (Phi) is 5.16. The summed E-state index contributed by atoms with van der Waals surface area (Å²) < 4.78 is 11.2. The highest BCUT2D eigenvalue weighted by Gasteiger charge is 2.58. The number of rotatable bonds is 3. The quantitative estimate of drug-likeness (QED) is 0.751. The molecular weight excluding hydrogens is 372 g/mol. The van der Waals surface area contributed by atoms with E-state index in [0.29, 0.717) is 18.8 Å². The van der Waals surface area contributed by atoms with Crippen LogP contribution in [0.25, 0.3) is 0 Å². The van der Waals surface area contributed by atoms with Gasteiger partial charge in [-0.3, -0.25) is 9.59 Å². The minimum atomic E-state index is -1.30. The van der Waals surface area contributed by atoms with Crippen molar-refractivity contribution in [2.24, 2.45) is 16.7 Å². The van der Waals surface area contributed by atoms with Crippen molar-refractivity contribution in [3.05, 3.63) is 41.2 Å². The highest BCUT2D eigenvalue weighted by atomic mass is 16.5. The van der Waals surface area contributed by atoms with Gasteiger partial charge in [-0.15, -0.1) is 0 Å². The molecule has 1 fully saturated rings. The molecule has 0 amide bonds. The van der Waals surface area contributed by atoms with Crippen molar-refractivity contribution in [1.29, 1.82) is 0 Å². The number of methoxy groups -OCH3 is 1. The molecule has 0 bridgehead atoms. The normalized spacial score (nSPS) is 31.7. The Morgan fingerprint density at radius 3 is 2.17 bits per heavy atom. The zero-order valence-electron chi connectivity index (χ0n) is 17.9. The van der Waals surface area contributed by atoms with Crippen molar-refractivity contribution < 1.29 is 29.3 Å². The van der Waals surface area contributed by atoms with E-state index in [4.69, 9.17) is 9.47 Å². The molecule has 6 heteroatoms. The second-order valence-electron chi connectivity index (χ2n) is 9.32. The summed E-state index contributed by atoms with van der Waals surface area (Å²) in [6.45, 7) is 8.34.